The molecule has 0 spiro atoms. The summed E-state index contributed by atoms with van der Waals surface area (Å²) in [7, 11) is 3.22. The van der Waals surface area contributed by atoms with E-state index >= 15 is 0 Å². The number of amides is 1. The minimum atomic E-state index is -5.08. The predicted octanol–water partition coefficient (Wildman–Crippen LogP) is 6.38. The van der Waals surface area contributed by atoms with E-state index in [4.69, 9.17) is 34.1 Å². The molecule has 0 bridgehead atoms. The Morgan fingerprint density at radius 1 is 1.08 bits per heavy atom. The number of thiazole rings is 1. The summed E-state index contributed by atoms with van der Waals surface area (Å²) >= 11 is 1.52. The van der Waals surface area contributed by atoms with Crippen LogP contribution in [-0.4, -0.2) is 83.0 Å². The molecule has 2 fully saturated rings. The molecule has 3 heterocycles. The zero-order chi connectivity index (χ0) is 35.1. The zero-order valence-corrected chi connectivity index (χ0v) is 27.2. The van der Waals surface area contributed by atoms with Crippen molar-refractivity contribution in [1.82, 2.24) is 19.9 Å². The lowest BCUT2D eigenvalue weighted by molar-refractivity contribution is -0.192. The molecule has 12 nitrogen and oxygen atoms in total. The van der Waals surface area contributed by atoms with Gasteiger partial charge in [0, 0.05) is 48.6 Å². The number of aliphatic carboxylic acids is 1. The number of nitrogens with zero attached hydrogens (tertiary/aromatic N) is 4. The molecule has 2 aliphatic rings. The lowest BCUT2D eigenvalue weighted by Crippen LogP contribution is -2.29. The Bertz CT molecular complexity index is 1780. The second-order valence-corrected chi connectivity index (χ2v) is 11.9. The number of carboxylic acid groups (broad SMARTS) is 1. The number of benzene rings is 2. The van der Waals surface area contributed by atoms with Crippen molar-refractivity contribution < 1.29 is 46.5 Å². The largest absolute Gasteiger partial charge is 0.497 e. The van der Waals surface area contributed by atoms with Crippen LogP contribution in [0.3, 0.4) is 0 Å². The van der Waals surface area contributed by atoms with E-state index in [-0.39, 0.29) is 18.3 Å². The van der Waals surface area contributed by atoms with Gasteiger partial charge in [0.1, 0.15) is 18.1 Å². The highest BCUT2D eigenvalue weighted by molar-refractivity contribution is 7.19. The van der Waals surface area contributed by atoms with Crippen LogP contribution in [0.5, 0.6) is 17.2 Å². The maximum atomic E-state index is 14.8. The van der Waals surface area contributed by atoms with Crippen molar-refractivity contribution in [2.45, 2.75) is 37.9 Å². The van der Waals surface area contributed by atoms with Crippen LogP contribution in [0.15, 0.2) is 48.7 Å². The van der Waals surface area contributed by atoms with Crippen molar-refractivity contribution >= 4 is 40.0 Å². The van der Waals surface area contributed by atoms with E-state index in [2.05, 4.69) is 15.6 Å². The number of methoxy groups -OCH3 is 2. The monoisotopic (exact) mass is 704 g/mol. The molecule has 4 aromatic rings. The van der Waals surface area contributed by atoms with Gasteiger partial charge in [0.15, 0.2) is 16.7 Å². The van der Waals surface area contributed by atoms with Gasteiger partial charge in [-0.05, 0) is 49.6 Å². The number of aromatic nitrogens is 3. The van der Waals surface area contributed by atoms with Gasteiger partial charge < -0.3 is 34.9 Å². The Morgan fingerprint density at radius 3 is 2.39 bits per heavy atom. The third kappa shape index (κ3) is 9.46. The second kappa shape index (κ2) is 15.4. The lowest BCUT2D eigenvalue weighted by Gasteiger charge is -2.16. The van der Waals surface area contributed by atoms with Crippen molar-refractivity contribution in [3.63, 3.8) is 0 Å². The quantitative estimate of drug-likeness (QED) is 0.141. The Morgan fingerprint density at radius 2 is 1.80 bits per heavy atom. The van der Waals surface area contributed by atoms with Crippen LogP contribution in [0.1, 0.15) is 25.7 Å². The molecule has 0 radical (unpaired) electrons. The van der Waals surface area contributed by atoms with E-state index in [1.165, 1.54) is 17.4 Å². The van der Waals surface area contributed by atoms with Crippen LogP contribution >= 0.6 is 11.3 Å². The Hall–Kier alpha value is -5.19. The number of hydrogen-bond acceptors (Lipinski definition) is 11. The molecule has 2 aromatic heterocycles. The van der Waals surface area contributed by atoms with Gasteiger partial charge in [0.25, 0.3) is 0 Å². The summed E-state index contributed by atoms with van der Waals surface area (Å²) in [5, 5.41) is 14.5. The first-order valence-electron chi connectivity index (χ1n) is 15.0. The number of carboxylic acids is 1. The standard InChI is InChI=1S/C30H31FN6O4S.C2HF3O2/c1-39-21-14-18(15-22(17-21)40-2)27-28(42-30(36-27)34-19-5-6-19)24-9-10-32-29(35-24)33-20-7-8-25(23(31)16-20)41-13-12-37-11-3-4-26(37)38;3-2(4,5)1(6)7/h7-10,14-17,19H,3-6,11-13H2,1-2H3,(H,34,36)(H,32,33,35);(H,6,7). The van der Waals surface area contributed by atoms with Crippen molar-refractivity contribution in [2.75, 3.05) is 44.5 Å². The summed E-state index contributed by atoms with van der Waals surface area (Å²) < 4.78 is 63.1. The summed E-state index contributed by atoms with van der Waals surface area (Å²) in [5.41, 5.74) is 2.72. The normalized spacial score (nSPS) is 14.2. The average Bonchev–Trinajstić information content (AvgIpc) is 3.64. The minimum absolute atomic E-state index is 0.116. The molecule has 1 amide bonds. The van der Waals surface area contributed by atoms with E-state index in [0.717, 1.165) is 47.1 Å². The Kier molecular flexibility index (Phi) is 11.0. The van der Waals surface area contributed by atoms with Gasteiger partial charge in [0.05, 0.1) is 37.0 Å². The Labute approximate surface area is 282 Å². The first kappa shape index (κ1) is 35.1. The molecular weight excluding hydrogens is 672 g/mol. The topological polar surface area (TPSA) is 148 Å². The number of carbonyl (C=O) groups excluding carboxylic acids is 1. The molecule has 17 heteroatoms. The molecule has 49 heavy (non-hydrogen) atoms. The molecule has 1 saturated carbocycles. The number of ether oxygens (including phenoxy) is 3. The van der Waals surface area contributed by atoms with Gasteiger partial charge in [-0.3, -0.25) is 4.79 Å². The molecule has 3 N–H and O–H groups in total. The first-order valence-corrected chi connectivity index (χ1v) is 15.9. The second-order valence-electron chi connectivity index (χ2n) is 10.9. The van der Waals surface area contributed by atoms with Gasteiger partial charge in [0.2, 0.25) is 11.9 Å². The number of anilines is 3. The molecule has 1 aliphatic heterocycles. The fourth-order valence-corrected chi connectivity index (χ4v) is 5.71. The third-order valence-electron chi connectivity index (χ3n) is 7.27. The molecule has 1 aliphatic carbocycles. The number of likely N-dealkylation sites (tertiary alicyclic amines) is 1. The van der Waals surface area contributed by atoms with E-state index in [0.29, 0.717) is 47.8 Å². The van der Waals surface area contributed by atoms with Crippen LogP contribution < -0.4 is 24.8 Å². The van der Waals surface area contributed by atoms with Crippen molar-refractivity contribution in [1.29, 1.82) is 0 Å². The van der Waals surface area contributed by atoms with Crippen molar-refractivity contribution in [3.8, 4) is 39.1 Å². The van der Waals surface area contributed by atoms with Gasteiger partial charge in [-0.1, -0.05) is 11.3 Å². The van der Waals surface area contributed by atoms with E-state index < -0.39 is 18.0 Å². The zero-order valence-electron chi connectivity index (χ0n) is 26.3. The summed E-state index contributed by atoms with van der Waals surface area (Å²) in [5.74, 6) is -1.41. The van der Waals surface area contributed by atoms with Gasteiger partial charge in [-0.25, -0.2) is 24.1 Å². The highest BCUT2D eigenvalue weighted by Gasteiger charge is 2.38. The van der Waals surface area contributed by atoms with Gasteiger partial charge in [-0.15, -0.1) is 0 Å². The molecular formula is C32H32F4N6O6S. The van der Waals surface area contributed by atoms with Crippen LogP contribution in [0, 0.1) is 5.82 Å². The molecule has 2 aromatic carbocycles. The summed E-state index contributed by atoms with van der Waals surface area (Å²) in [4.78, 5) is 37.2. The number of hydrogen-bond donors (Lipinski definition) is 3. The number of alkyl halides is 3. The molecule has 6 rings (SSSR count). The fraction of sp³-hybridized carbons (Fsp3) is 0.344. The van der Waals surface area contributed by atoms with Crippen LogP contribution in [0.2, 0.25) is 0 Å². The van der Waals surface area contributed by atoms with Gasteiger partial charge in [-0.2, -0.15) is 13.2 Å². The number of nitrogens with one attached hydrogen (secondary N) is 2. The lowest BCUT2D eigenvalue weighted by atomic mass is 10.1. The number of rotatable bonds is 12. The third-order valence-corrected chi connectivity index (χ3v) is 8.27. The Balaban J connectivity index is 0.000000606. The maximum Gasteiger partial charge on any atom is 0.490 e. The van der Waals surface area contributed by atoms with Crippen molar-refractivity contribution in [3.05, 3.63) is 54.5 Å². The molecule has 1 saturated heterocycles. The highest BCUT2D eigenvalue weighted by atomic mass is 32.1. The first-order chi connectivity index (χ1) is 23.4. The smallest absolute Gasteiger partial charge is 0.490 e. The van der Waals surface area contributed by atoms with E-state index in [1.807, 2.05) is 24.3 Å². The maximum absolute atomic E-state index is 14.8. The summed E-state index contributed by atoms with van der Waals surface area (Å²) in [6.07, 6.45) is 0.239. The summed E-state index contributed by atoms with van der Waals surface area (Å²) in [6.45, 7) is 1.40. The average molecular weight is 705 g/mol. The van der Waals surface area contributed by atoms with Gasteiger partial charge >= 0.3 is 12.1 Å². The predicted molar refractivity (Wildman–Crippen MR) is 173 cm³/mol. The summed E-state index contributed by atoms with van der Waals surface area (Å²) in [6, 6.07) is 12.5. The fourth-order valence-electron chi connectivity index (χ4n) is 4.67. The molecule has 0 atom stereocenters. The van der Waals surface area contributed by atoms with Crippen LogP contribution in [0.25, 0.3) is 21.8 Å². The minimum Gasteiger partial charge on any atom is -0.497 e. The van der Waals surface area contributed by atoms with E-state index in [9.17, 15) is 22.4 Å². The number of halogens is 4. The van der Waals surface area contributed by atoms with Crippen LogP contribution in [0.4, 0.5) is 34.3 Å². The molecule has 0 unspecified atom stereocenters. The molecule has 260 valence electrons. The highest BCUT2D eigenvalue weighted by Crippen LogP contribution is 2.42. The van der Waals surface area contributed by atoms with E-state index in [1.54, 1.807) is 37.4 Å². The number of carbonyl (C=O) groups is 2. The SMILES string of the molecule is COc1cc(OC)cc(-c2nc(NC3CC3)sc2-c2ccnc(Nc3ccc(OCCN4CCCC4=O)c(F)c3)n2)c1.O=C(O)C(F)(F)F. The van der Waals surface area contributed by atoms with Crippen molar-refractivity contribution in [2.24, 2.45) is 0 Å². The van der Waals surface area contributed by atoms with Crippen LogP contribution in [-0.2, 0) is 9.59 Å².